The highest BCUT2D eigenvalue weighted by Crippen LogP contribution is 2.41. The third kappa shape index (κ3) is 6.80. The Hall–Kier alpha value is -3.58. The summed E-state index contributed by atoms with van der Waals surface area (Å²) in [5, 5.41) is 10.9. The van der Waals surface area contributed by atoms with Crippen LogP contribution in [0.15, 0.2) is 65.9 Å². The normalized spacial score (nSPS) is 15.8. The van der Waals surface area contributed by atoms with Crippen LogP contribution in [0.3, 0.4) is 0 Å². The molecule has 2 aromatic rings. The number of carbonyl (C=O) groups excluding carboxylic acids is 2. The fourth-order valence-corrected chi connectivity index (χ4v) is 4.39. The minimum atomic E-state index is -0.740. The minimum absolute atomic E-state index is 0.0707. The molecule has 0 fully saturated rings. The molecule has 0 aliphatic carbocycles. The zero-order valence-electron chi connectivity index (χ0n) is 22.3. The van der Waals surface area contributed by atoms with Gasteiger partial charge in [0.1, 0.15) is 0 Å². The first-order chi connectivity index (χ1) is 17.9. The summed E-state index contributed by atoms with van der Waals surface area (Å²) in [6.45, 7) is 11.7. The fraction of sp³-hybridized carbons (Fsp3) is 0.400. The molecule has 1 aliphatic rings. The molecule has 1 atom stereocenters. The second-order valence-electron chi connectivity index (χ2n) is 8.79. The smallest absolute Gasteiger partial charge is 0.290 e. The number of nitrogens with zero attached hydrogens (tertiary/aromatic N) is 2. The summed E-state index contributed by atoms with van der Waals surface area (Å²) in [6.07, 6.45) is 3.96. The number of amides is 1. The van der Waals surface area contributed by atoms with Crippen molar-refractivity contribution in [3.8, 4) is 11.5 Å². The monoisotopic (exact) mass is 506 g/mol. The van der Waals surface area contributed by atoms with Gasteiger partial charge >= 0.3 is 0 Å². The number of hydrogen-bond acceptors (Lipinski definition) is 6. The molecule has 2 aromatic carbocycles. The van der Waals surface area contributed by atoms with Crippen LogP contribution < -0.4 is 9.47 Å². The van der Waals surface area contributed by atoms with E-state index in [1.165, 1.54) is 6.08 Å². The highest BCUT2D eigenvalue weighted by Gasteiger charge is 2.43. The zero-order chi connectivity index (χ0) is 26.8. The lowest BCUT2D eigenvalue weighted by molar-refractivity contribution is -0.129. The first-order valence-electron chi connectivity index (χ1n) is 13.1. The number of allylic oxidation sites excluding steroid dienone is 1. The van der Waals surface area contributed by atoms with Crippen molar-refractivity contribution in [3.05, 3.63) is 77.1 Å². The van der Waals surface area contributed by atoms with Crippen molar-refractivity contribution in [1.82, 2.24) is 9.80 Å². The number of carbonyl (C=O) groups is 2. The minimum Gasteiger partial charge on any atom is -0.503 e. The van der Waals surface area contributed by atoms with E-state index in [9.17, 15) is 14.7 Å². The summed E-state index contributed by atoms with van der Waals surface area (Å²) in [7, 11) is 0. The van der Waals surface area contributed by atoms with Crippen LogP contribution in [0.4, 0.5) is 0 Å². The van der Waals surface area contributed by atoms with Gasteiger partial charge in [-0.25, -0.2) is 0 Å². The third-order valence-electron chi connectivity index (χ3n) is 6.39. The van der Waals surface area contributed by atoms with Crippen molar-refractivity contribution in [2.75, 3.05) is 39.4 Å². The maximum atomic E-state index is 13.4. The van der Waals surface area contributed by atoms with Gasteiger partial charge in [-0.2, -0.15) is 0 Å². The Morgan fingerprint density at radius 1 is 1.03 bits per heavy atom. The van der Waals surface area contributed by atoms with E-state index >= 15 is 0 Å². The lowest BCUT2D eigenvalue weighted by atomic mass is 9.95. The molecule has 0 spiro atoms. The molecule has 0 saturated carbocycles. The Morgan fingerprint density at radius 3 is 2.41 bits per heavy atom. The Morgan fingerprint density at radius 2 is 1.76 bits per heavy atom. The van der Waals surface area contributed by atoms with Gasteiger partial charge in [0.05, 0.1) is 24.8 Å². The molecule has 1 heterocycles. The molecule has 1 N–H and O–H groups in total. The molecule has 37 heavy (non-hydrogen) atoms. The molecule has 198 valence electrons. The predicted molar refractivity (Wildman–Crippen MR) is 146 cm³/mol. The second-order valence-corrected chi connectivity index (χ2v) is 8.79. The van der Waals surface area contributed by atoms with Gasteiger partial charge in [0, 0.05) is 13.1 Å². The number of aliphatic hydroxyl groups excluding tert-OH is 1. The highest BCUT2D eigenvalue weighted by molar-refractivity contribution is 6.14. The molecule has 0 saturated heterocycles. The molecule has 3 rings (SSSR count). The van der Waals surface area contributed by atoms with E-state index in [0.717, 1.165) is 25.1 Å². The van der Waals surface area contributed by atoms with Crippen molar-refractivity contribution < 1.29 is 24.2 Å². The van der Waals surface area contributed by atoms with Crippen LogP contribution in [0.25, 0.3) is 6.08 Å². The lowest BCUT2D eigenvalue weighted by Gasteiger charge is -2.29. The number of ketones is 1. The van der Waals surface area contributed by atoms with E-state index < -0.39 is 23.5 Å². The quantitative estimate of drug-likeness (QED) is 0.355. The molecule has 0 radical (unpaired) electrons. The Kier molecular flexibility index (Phi) is 10.3. The number of rotatable bonds is 14. The maximum Gasteiger partial charge on any atom is 0.290 e. The van der Waals surface area contributed by atoms with Gasteiger partial charge in [0.15, 0.2) is 23.0 Å². The van der Waals surface area contributed by atoms with E-state index in [1.54, 1.807) is 17.0 Å². The van der Waals surface area contributed by atoms with Crippen LogP contribution in [-0.4, -0.2) is 66.0 Å². The molecule has 7 nitrogen and oxygen atoms in total. The van der Waals surface area contributed by atoms with E-state index in [-0.39, 0.29) is 5.57 Å². The van der Waals surface area contributed by atoms with Crippen LogP contribution in [0, 0.1) is 0 Å². The predicted octanol–water partition coefficient (Wildman–Crippen LogP) is 5.19. The second kappa shape index (κ2) is 13.7. The highest BCUT2D eigenvalue weighted by atomic mass is 16.5. The van der Waals surface area contributed by atoms with E-state index in [0.29, 0.717) is 43.4 Å². The summed E-state index contributed by atoms with van der Waals surface area (Å²) in [5.74, 6) is -0.303. The van der Waals surface area contributed by atoms with Gasteiger partial charge in [-0.1, -0.05) is 63.2 Å². The molecular formula is C30H38N2O5. The maximum absolute atomic E-state index is 13.4. The average molecular weight is 507 g/mol. The van der Waals surface area contributed by atoms with E-state index in [1.807, 2.05) is 56.3 Å². The van der Waals surface area contributed by atoms with Crippen LogP contribution in [0.5, 0.6) is 11.5 Å². The van der Waals surface area contributed by atoms with Crippen molar-refractivity contribution >= 4 is 17.8 Å². The number of likely N-dealkylation sites (N-methyl/N-ethyl adjacent to an activating group) is 1. The van der Waals surface area contributed by atoms with Crippen molar-refractivity contribution in [2.24, 2.45) is 0 Å². The van der Waals surface area contributed by atoms with Crippen molar-refractivity contribution in [2.45, 2.75) is 40.2 Å². The number of aliphatic hydroxyl groups is 1. The van der Waals surface area contributed by atoms with E-state index in [2.05, 4.69) is 18.7 Å². The van der Waals surface area contributed by atoms with Crippen molar-refractivity contribution in [3.63, 3.8) is 0 Å². The molecule has 7 heteroatoms. The summed E-state index contributed by atoms with van der Waals surface area (Å²) in [6, 6.07) is 14.1. The number of hydrogen-bond donors (Lipinski definition) is 1. The van der Waals surface area contributed by atoms with Crippen molar-refractivity contribution in [1.29, 1.82) is 0 Å². The van der Waals surface area contributed by atoms with E-state index in [4.69, 9.17) is 9.47 Å². The van der Waals surface area contributed by atoms with Crippen LogP contribution in [0.1, 0.15) is 51.3 Å². The zero-order valence-corrected chi connectivity index (χ0v) is 22.3. The molecular weight excluding hydrogens is 468 g/mol. The summed E-state index contributed by atoms with van der Waals surface area (Å²) in [5.41, 5.74) is 1.60. The number of ether oxygens (including phenoxy) is 2. The molecule has 0 aromatic heterocycles. The topological polar surface area (TPSA) is 79.3 Å². The molecule has 1 unspecified atom stereocenters. The molecule has 1 amide bonds. The van der Waals surface area contributed by atoms with Gasteiger partial charge in [0.2, 0.25) is 0 Å². The van der Waals surface area contributed by atoms with Gasteiger partial charge in [-0.05, 0) is 55.8 Å². The van der Waals surface area contributed by atoms with Crippen LogP contribution in [0.2, 0.25) is 0 Å². The molecule has 1 aliphatic heterocycles. The first kappa shape index (κ1) is 28.0. The third-order valence-corrected chi connectivity index (χ3v) is 6.39. The standard InChI is InChI=1S/C30H38N2O5/c1-5-20-37-25-17-15-23(21-26(25)36-8-4)28-27(24(33)16-14-22-12-10-9-11-13-22)29(34)30(35)32(28)19-18-31(6-2)7-3/h9-17,21,28,34H,5-8,18-20H2,1-4H3. The van der Waals surface area contributed by atoms with Crippen LogP contribution >= 0.6 is 0 Å². The largest absolute Gasteiger partial charge is 0.503 e. The Labute approximate surface area is 220 Å². The van der Waals surface area contributed by atoms with Gasteiger partial charge in [-0.3, -0.25) is 9.59 Å². The summed E-state index contributed by atoms with van der Waals surface area (Å²) < 4.78 is 11.7. The van der Waals surface area contributed by atoms with Gasteiger partial charge in [0.25, 0.3) is 5.91 Å². The first-order valence-corrected chi connectivity index (χ1v) is 13.1. The van der Waals surface area contributed by atoms with Crippen LogP contribution in [-0.2, 0) is 9.59 Å². The summed E-state index contributed by atoms with van der Waals surface area (Å²) in [4.78, 5) is 30.5. The Bertz CT molecular complexity index is 1120. The lowest BCUT2D eigenvalue weighted by Crippen LogP contribution is -2.38. The summed E-state index contributed by atoms with van der Waals surface area (Å²) >= 11 is 0. The fourth-order valence-electron chi connectivity index (χ4n) is 4.39. The average Bonchev–Trinajstić information content (AvgIpc) is 3.17. The SMILES string of the molecule is CCCOc1ccc(C2C(C(=O)C=Cc3ccccc3)=C(O)C(=O)N2CCN(CC)CC)cc1OCC. The molecule has 0 bridgehead atoms. The number of benzene rings is 2. The Balaban J connectivity index is 2.02. The van der Waals surface area contributed by atoms with Gasteiger partial charge < -0.3 is 24.4 Å². The van der Waals surface area contributed by atoms with Gasteiger partial charge in [-0.15, -0.1) is 0 Å².